The van der Waals surface area contributed by atoms with Gasteiger partial charge in [-0.15, -0.1) is 0 Å². The fourth-order valence-corrected chi connectivity index (χ4v) is 4.08. The van der Waals surface area contributed by atoms with E-state index in [4.69, 9.17) is 9.84 Å². The van der Waals surface area contributed by atoms with Crippen LogP contribution in [0.5, 0.6) is 5.75 Å². The first-order chi connectivity index (χ1) is 17.7. The van der Waals surface area contributed by atoms with Crippen molar-refractivity contribution in [3.05, 3.63) is 45.2 Å². The molecule has 196 valence electrons. The van der Waals surface area contributed by atoms with Crippen LogP contribution >= 0.6 is 0 Å². The van der Waals surface area contributed by atoms with Crippen molar-refractivity contribution in [1.29, 1.82) is 0 Å². The van der Waals surface area contributed by atoms with Crippen LogP contribution in [-0.2, 0) is 9.59 Å². The van der Waals surface area contributed by atoms with E-state index in [1.807, 2.05) is 0 Å². The zero-order chi connectivity index (χ0) is 26.5. The maximum absolute atomic E-state index is 14.3. The highest BCUT2D eigenvalue weighted by atomic mass is 19.1. The van der Waals surface area contributed by atoms with Crippen LogP contribution in [0.2, 0.25) is 0 Å². The van der Waals surface area contributed by atoms with Crippen molar-refractivity contribution in [1.82, 2.24) is 20.3 Å². The normalized spacial score (nSPS) is 14.5. The topological polar surface area (TPSA) is 178 Å². The highest BCUT2D eigenvalue weighted by Crippen LogP contribution is 2.22. The number of rotatable bonds is 11. The van der Waals surface area contributed by atoms with Crippen LogP contribution in [-0.4, -0.2) is 67.5 Å². The Kier molecular flexibility index (Phi) is 7.99. The number of aliphatic hydroxyl groups is 2. The number of nitrogens with zero attached hydrogens (tertiary/aromatic N) is 1. The zero-order valence-corrected chi connectivity index (χ0v) is 19.8. The Hall–Kier alpha value is -4.03. The Morgan fingerprint density at radius 1 is 1.19 bits per heavy atom. The number of aromatic nitrogens is 3. The third kappa shape index (κ3) is 6.60. The van der Waals surface area contributed by atoms with E-state index in [2.05, 4.69) is 20.3 Å². The Morgan fingerprint density at radius 2 is 2.00 bits per heavy atom. The highest BCUT2D eigenvalue weighted by molar-refractivity contribution is 5.81. The molecule has 2 aromatic heterocycles. The van der Waals surface area contributed by atoms with Crippen LogP contribution in [0.25, 0.3) is 34.3 Å². The predicted octanol–water partition coefficient (Wildman–Crippen LogP) is 0.0419. The number of carbonyl (C=O) groups is 2. The molecule has 0 spiro atoms. The molecule has 2 atom stereocenters. The van der Waals surface area contributed by atoms with Crippen LogP contribution < -0.4 is 26.2 Å². The van der Waals surface area contributed by atoms with Gasteiger partial charge in [0.15, 0.2) is 6.61 Å². The van der Waals surface area contributed by atoms with Gasteiger partial charge in [-0.2, -0.15) is 0 Å². The maximum atomic E-state index is 14.3. The first kappa shape index (κ1) is 26.0. The number of ether oxygens (including phenoxy) is 1. The van der Waals surface area contributed by atoms with Gasteiger partial charge >= 0.3 is 5.97 Å². The molecule has 6 N–H and O–H groups in total. The van der Waals surface area contributed by atoms with Crippen molar-refractivity contribution in [3.63, 3.8) is 0 Å². The average molecular weight is 515 g/mol. The number of hydrogen-bond acceptors (Lipinski definition) is 7. The van der Waals surface area contributed by atoms with E-state index < -0.39 is 36.1 Å². The molecule has 1 aliphatic carbocycles. The summed E-state index contributed by atoms with van der Waals surface area (Å²) in [5.74, 6) is -1.22. The van der Waals surface area contributed by atoms with Crippen molar-refractivity contribution in [2.24, 2.45) is 0 Å². The zero-order valence-electron chi connectivity index (χ0n) is 19.8. The number of carbonyl (C=O) groups excluding carboxylic acids is 1. The summed E-state index contributed by atoms with van der Waals surface area (Å²) in [6.07, 6.45) is 0.0657. The summed E-state index contributed by atoms with van der Waals surface area (Å²) < 4.78 is 19.8. The van der Waals surface area contributed by atoms with E-state index >= 15 is 0 Å². The van der Waals surface area contributed by atoms with Crippen LogP contribution in [0.15, 0.2) is 29.1 Å². The number of halogens is 1. The number of pyridine rings is 1. The maximum Gasteiger partial charge on any atom is 0.305 e. The highest BCUT2D eigenvalue weighted by Gasteiger charge is 2.16. The molecule has 0 bridgehead atoms. The first-order valence-corrected chi connectivity index (χ1v) is 11.8. The summed E-state index contributed by atoms with van der Waals surface area (Å²) in [7, 11) is 0. The number of fused-ring (bicyclic) bond motifs is 2. The number of aliphatic hydroxyl groups excluding tert-OH is 2. The van der Waals surface area contributed by atoms with Gasteiger partial charge in [0.2, 0.25) is 0 Å². The number of carboxylic acid groups (broad SMARTS) is 1. The predicted molar refractivity (Wildman–Crippen MR) is 132 cm³/mol. The summed E-state index contributed by atoms with van der Waals surface area (Å²) in [6, 6.07) is 6.39. The van der Waals surface area contributed by atoms with Crippen LogP contribution in [0.3, 0.4) is 0 Å². The number of aliphatic carboxylic acids is 1. The number of imidazole rings is 1. The van der Waals surface area contributed by atoms with Crippen LogP contribution in [0.4, 0.5) is 4.39 Å². The summed E-state index contributed by atoms with van der Waals surface area (Å²) >= 11 is 0. The van der Waals surface area contributed by atoms with E-state index in [0.717, 1.165) is 0 Å². The fourth-order valence-electron chi connectivity index (χ4n) is 4.08. The van der Waals surface area contributed by atoms with Gasteiger partial charge < -0.3 is 35.3 Å². The molecular formula is C25H27FN4O7. The molecule has 0 saturated heterocycles. The lowest BCUT2D eigenvalue weighted by molar-refractivity contribution is -0.139. The molecule has 11 nitrogen and oxygen atoms in total. The Balaban J connectivity index is 1.34. The molecule has 2 unspecified atom stereocenters. The molecule has 3 aromatic rings. The van der Waals surface area contributed by atoms with Crippen LogP contribution in [0.1, 0.15) is 32.1 Å². The van der Waals surface area contributed by atoms with Gasteiger partial charge in [0.25, 0.3) is 11.5 Å². The molecule has 2 heterocycles. The minimum absolute atomic E-state index is 0.103. The lowest BCUT2D eigenvalue weighted by Gasteiger charge is -2.14. The van der Waals surface area contributed by atoms with Gasteiger partial charge in [0.05, 0.1) is 35.2 Å². The second-order valence-electron chi connectivity index (χ2n) is 8.82. The summed E-state index contributed by atoms with van der Waals surface area (Å²) in [5, 5.41) is 31.4. The second-order valence-corrected chi connectivity index (χ2v) is 8.82. The molecule has 12 heteroatoms. The molecule has 0 saturated carbocycles. The smallest absolute Gasteiger partial charge is 0.305 e. The molecule has 4 rings (SSSR count). The average Bonchev–Trinajstić information content (AvgIpc) is 3.25. The summed E-state index contributed by atoms with van der Waals surface area (Å²) in [5.41, 5.74) is 0.932. The van der Waals surface area contributed by atoms with E-state index in [-0.39, 0.29) is 49.6 Å². The van der Waals surface area contributed by atoms with Gasteiger partial charge in [-0.1, -0.05) is 6.08 Å². The number of benzene rings is 1. The number of nitrogens with one attached hydrogen (secondary N) is 3. The lowest BCUT2D eigenvalue weighted by Crippen LogP contribution is -2.37. The van der Waals surface area contributed by atoms with Gasteiger partial charge in [0, 0.05) is 29.6 Å². The Bertz CT molecular complexity index is 1500. The monoisotopic (exact) mass is 514 g/mol. The molecule has 0 radical (unpaired) electrons. The third-order valence-electron chi connectivity index (χ3n) is 5.91. The third-order valence-corrected chi connectivity index (χ3v) is 5.91. The fraction of sp³-hybridized carbons (Fsp3) is 0.360. The second kappa shape index (κ2) is 11.4. The minimum atomic E-state index is -1.16. The number of H-pyrrole nitrogens is 2. The van der Waals surface area contributed by atoms with Gasteiger partial charge in [-0.3, -0.25) is 14.4 Å². The van der Waals surface area contributed by atoms with Crippen molar-refractivity contribution in [3.8, 4) is 17.1 Å². The number of carboxylic acids is 1. The number of hydrogen-bond donors (Lipinski definition) is 6. The van der Waals surface area contributed by atoms with E-state index in [0.29, 0.717) is 33.8 Å². The minimum Gasteiger partial charge on any atom is -0.484 e. The molecule has 1 aromatic carbocycles. The molecule has 0 aliphatic heterocycles. The van der Waals surface area contributed by atoms with Gasteiger partial charge in [-0.25, -0.2) is 9.37 Å². The standard InChI is InChI=1S/C25H27FN4O7/c26-18-2-1-3-19-16(18)11-17(25(36)30-19)24-28-20-5-4-15(10-21(20)29-24)37-12-22(33)27-7-6-13(31)8-14(32)9-23(34)35/h3-5,10-11,13-14,31-32H,1-2,6-9,12H2,(H,27,33)(H,28,29)(H,30,36)(H,34,35). The van der Waals surface area contributed by atoms with Crippen LogP contribution in [0, 0.1) is 0 Å². The van der Waals surface area contributed by atoms with Crippen molar-refractivity contribution in [2.75, 3.05) is 13.2 Å². The summed E-state index contributed by atoms with van der Waals surface area (Å²) in [6.45, 7) is -0.169. The van der Waals surface area contributed by atoms with Crippen molar-refractivity contribution >= 4 is 34.8 Å². The Labute approximate surface area is 209 Å². The van der Waals surface area contributed by atoms with E-state index in [1.54, 1.807) is 24.3 Å². The molecular weight excluding hydrogens is 487 g/mol. The lowest BCUT2D eigenvalue weighted by atomic mass is 10.1. The summed E-state index contributed by atoms with van der Waals surface area (Å²) in [4.78, 5) is 45.3. The number of aromatic amines is 2. The Morgan fingerprint density at radius 3 is 2.78 bits per heavy atom. The van der Waals surface area contributed by atoms with Gasteiger partial charge in [-0.05, 0) is 37.5 Å². The molecule has 37 heavy (non-hydrogen) atoms. The van der Waals surface area contributed by atoms with Crippen molar-refractivity contribution < 1.29 is 34.0 Å². The van der Waals surface area contributed by atoms with E-state index in [1.165, 1.54) is 6.07 Å². The molecule has 1 amide bonds. The van der Waals surface area contributed by atoms with Crippen molar-refractivity contribution in [2.45, 2.75) is 44.3 Å². The van der Waals surface area contributed by atoms with E-state index in [9.17, 15) is 29.0 Å². The molecule has 0 fully saturated rings. The van der Waals surface area contributed by atoms with Gasteiger partial charge in [0.1, 0.15) is 17.4 Å². The SMILES string of the molecule is O=C(O)CC(O)CC(O)CCNC(=O)COc1ccc2nc(-c3cc4c([nH]c3=O)=CCCC=4F)[nH]c2c1. The molecule has 1 aliphatic rings. The number of amides is 1. The largest absolute Gasteiger partial charge is 0.484 e. The first-order valence-electron chi connectivity index (χ1n) is 11.8. The quantitative estimate of drug-likeness (QED) is 0.208.